The molecule has 1 amide bonds. The third kappa shape index (κ3) is 6.62. The molecule has 0 radical (unpaired) electrons. The number of unbranched alkanes of at least 4 members (excludes halogenated alkanes) is 3. The Morgan fingerprint density at radius 1 is 1.21 bits per heavy atom. The number of hydrogen-bond donors (Lipinski definition) is 0. The molecule has 7 heteroatoms. The third-order valence-corrected chi connectivity index (χ3v) is 5.39. The van der Waals surface area contributed by atoms with E-state index in [-0.39, 0.29) is 17.2 Å². The highest BCUT2D eigenvalue weighted by molar-refractivity contribution is 5.82. The Morgan fingerprint density at radius 2 is 1.93 bits per heavy atom. The van der Waals surface area contributed by atoms with Crippen molar-refractivity contribution in [1.29, 1.82) is 0 Å². The average Bonchev–Trinajstić information content (AvgIpc) is 2.72. The van der Waals surface area contributed by atoms with Crippen LogP contribution in [0.2, 0.25) is 0 Å². The Hall–Kier alpha value is -2.44. The van der Waals surface area contributed by atoms with Crippen LogP contribution in [0.4, 0.5) is 5.69 Å². The molecule has 154 valence electrons. The van der Waals surface area contributed by atoms with E-state index in [4.69, 9.17) is 4.74 Å². The van der Waals surface area contributed by atoms with Crippen LogP contribution in [0.15, 0.2) is 18.2 Å². The molecule has 7 nitrogen and oxygen atoms in total. The summed E-state index contributed by atoms with van der Waals surface area (Å²) in [7, 11) is 1.93. The molecule has 0 aromatic heterocycles. The maximum Gasteiger partial charge on any atom is 0.280 e. The van der Waals surface area contributed by atoms with Crippen molar-refractivity contribution >= 4 is 17.9 Å². The van der Waals surface area contributed by atoms with E-state index in [1.54, 1.807) is 0 Å². The van der Waals surface area contributed by atoms with Gasteiger partial charge in [-0.1, -0.05) is 32.1 Å². The number of carbonyl (C=O) groups is 2. The zero-order valence-corrected chi connectivity index (χ0v) is 16.6. The van der Waals surface area contributed by atoms with Crippen LogP contribution in [0.1, 0.15) is 74.6 Å². The lowest BCUT2D eigenvalue weighted by atomic mass is 9.94. The second kappa shape index (κ2) is 11.4. The van der Waals surface area contributed by atoms with E-state index >= 15 is 0 Å². The maximum atomic E-state index is 12.3. The highest BCUT2D eigenvalue weighted by atomic mass is 16.6. The van der Waals surface area contributed by atoms with E-state index < -0.39 is 4.92 Å². The van der Waals surface area contributed by atoms with Gasteiger partial charge in [0.05, 0.1) is 17.1 Å². The highest BCUT2D eigenvalue weighted by Gasteiger charge is 2.21. The largest absolute Gasteiger partial charge is 0.494 e. The lowest BCUT2D eigenvalue weighted by molar-refractivity contribution is -0.385. The van der Waals surface area contributed by atoms with Gasteiger partial charge in [0.2, 0.25) is 5.91 Å². The number of benzene rings is 1. The second-order valence-corrected chi connectivity index (χ2v) is 7.40. The summed E-state index contributed by atoms with van der Waals surface area (Å²) in [6, 6.07) is 4.61. The van der Waals surface area contributed by atoms with Crippen molar-refractivity contribution in [3.63, 3.8) is 0 Å². The molecule has 0 aliphatic heterocycles. The van der Waals surface area contributed by atoms with E-state index in [2.05, 4.69) is 0 Å². The Bertz CT molecular complexity index is 671. The van der Waals surface area contributed by atoms with Crippen molar-refractivity contribution in [3.05, 3.63) is 33.9 Å². The van der Waals surface area contributed by atoms with Crippen LogP contribution < -0.4 is 4.74 Å². The average molecular weight is 390 g/mol. The molecule has 0 spiro atoms. The number of nitro groups is 1. The number of aldehydes is 1. The summed E-state index contributed by atoms with van der Waals surface area (Å²) in [5.74, 6) is 0.701. The molecule has 1 aliphatic rings. The molecule has 0 atom stereocenters. The van der Waals surface area contributed by atoms with Crippen molar-refractivity contribution in [3.8, 4) is 5.75 Å². The Morgan fingerprint density at radius 3 is 2.61 bits per heavy atom. The first-order valence-corrected chi connectivity index (χ1v) is 10.1. The van der Waals surface area contributed by atoms with Gasteiger partial charge in [-0.25, -0.2) is 0 Å². The fraction of sp³-hybridized carbons (Fsp3) is 0.619. The monoisotopic (exact) mass is 390 g/mol. The molecule has 0 saturated heterocycles. The van der Waals surface area contributed by atoms with Gasteiger partial charge in [-0.05, 0) is 37.8 Å². The molecule has 0 unspecified atom stereocenters. The number of amides is 1. The van der Waals surface area contributed by atoms with Crippen LogP contribution in [-0.2, 0) is 4.79 Å². The van der Waals surface area contributed by atoms with Crippen molar-refractivity contribution in [2.24, 2.45) is 0 Å². The first-order chi connectivity index (χ1) is 13.5. The molecular formula is C21H30N2O5. The van der Waals surface area contributed by atoms with Crippen LogP contribution in [-0.4, -0.2) is 41.7 Å². The summed E-state index contributed by atoms with van der Waals surface area (Å²) in [4.78, 5) is 35.4. The van der Waals surface area contributed by atoms with Crippen LogP contribution in [0.3, 0.4) is 0 Å². The van der Waals surface area contributed by atoms with Crippen molar-refractivity contribution < 1.29 is 19.2 Å². The highest BCUT2D eigenvalue weighted by Crippen LogP contribution is 2.23. The molecule has 1 fully saturated rings. The van der Waals surface area contributed by atoms with E-state index in [1.165, 1.54) is 37.5 Å². The summed E-state index contributed by atoms with van der Waals surface area (Å²) < 4.78 is 5.57. The van der Waals surface area contributed by atoms with E-state index in [0.717, 1.165) is 38.5 Å². The Labute approximate surface area is 166 Å². The van der Waals surface area contributed by atoms with E-state index in [1.807, 2.05) is 11.9 Å². The molecule has 28 heavy (non-hydrogen) atoms. The number of nitro benzene ring substituents is 1. The summed E-state index contributed by atoms with van der Waals surface area (Å²) in [6.07, 6.45) is 10.7. The molecule has 0 N–H and O–H groups in total. The number of hydrogen-bond acceptors (Lipinski definition) is 5. The van der Waals surface area contributed by atoms with Gasteiger partial charge in [0, 0.05) is 25.6 Å². The van der Waals surface area contributed by atoms with Gasteiger partial charge >= 0.3 is 0 Å². The van der Waals surface area contributed by atoms with E-state index in [9.17, 15) is 19.7 Å². The summed E-state index contributed by atoms with van der Waals surface area (Å²) in [5.41, 5.74) is -0.201. The molecular weight excluding hydrogens is 360 g/mol. The minimum Gasteiger partial charge on any atom is -0.494 e. The normalized spacial score (nSPS) is 14.5. The molecule has 0 bridgehead atoms. The van der Waals surface area contributed by atoms with Gasteiger partial charge in [0.1, 0.15) is 5.75 Å². The maximum absolute atomic E-state index is 12.3. The predicted octanol–water partition coefficient (Wildman–Crippen LogP) is 4.53. The lowest BCUT2D eigenvalue weighted by Gasteiger charge is -2.31. The van der Waals surface area contributed by atoms with Crippen molar-refractivity contribution in [1.82, 2.24) is 4.90 Å². The summed E-state index contributed by atoms with van der Waals surface area (Å²) >= 11 is 0. The van der Waals surface area contributed by atoms with Gasteiger partial charge in [-0.15, -0.1) is 0 Å². The number of nitrogens with zero attached hydrogens (tertiary/aromatic N) is 2. The Kier molecular flexibility index (Phi) is 8.91. The van der Waals surface area contributed by atoms with E-state index in [0.29, 0.717) is 31.1 Å². The van der Waals surface area contributed by atoms with Crippen LogP contribution in [0.5, 0.6) is 5.75 Å². The zero-order chi connectivity index (χ0) is 20.4. The third-order valence-electron chi connectivity index (χ3n) is 5.39. The van der Waals surface area contributed by atoms with Gasteiger partial charge in [-0.2, -0.15) is 0 Å². The molecule has 1 saturated carbocycles. The van der Waals surface area contributed by atoms with Crippen LogP contribution in [0, 0.1) is 10.1 Å². The Balaban J connectivity index is 1.60. The predicted molar refractivity (Wildman–Crippen MR) is 107 cm³/mol. The molecule has 1 aromatic rings. The topological polar surface area (TPSA) is 89.8 Å². The zero-order valence-electron chi connectivity index (χ0n) is 16.6. The number of carbonyl (C=O) groups excluding carboxylic acids is 2. The second-order valence-electron chi connectivity index (χ2n) is 7.40. The smallest absolute Gasteiger partial charge is 0.280 e. The van der Waals surface area contributed by atoms with Crippen LogP contribution in [0.25, 0.3) is 0 Å². The van der Waals surface area contributed by atoms with Gasteiger partial charge in [-0.3, -0.25) is 19.7 Å². The lowest BCUT2D eigenvalue weighted by Crippen LogP contribution is -2.38. The minimum atomic E-state index is -0.583. The summed E-state index contributed by atoms with van der Waals surface area (Å²) in [5, 5.41) is 10.8. The molecule has 1 aliphatic carbocycles. The fourth-order valence-corrected chi connectivity index (χ4v) is 3.65. The first kappa shape index (κ1) is 21.9. The quantitative estimate of drug-likeness (QED) is 0.240. The van der Waals surface area contributed by atoms with Gasteiger partial charge < -0.3 is 9.64 Å². The van der Waals surface area contributed by atoms with Crippen molar-refractivity contribution in [2.75, 3.05) is 13.7 Å². The fourth-order valence-electron chi connectivity index (χ4n) is 3.65. The summed E-state index contributed by atoms with van der Waals surface area (Å²) in [6.45, 7) is 0.478. The first-order valence-electron chi connectivity index (χ1n) is 10.1. The van der Waals surface area contributed by atoms with Crippen LogP contribution >= 0.6 is 0 Å². The molecule has 0 heterocycles. The van der Waals surface area contributed by atoms with Crippen molar-refractivity contribution in [2.45, 2.75) is 70.3 Å². The minimum absolute atomic E-state index is 0.0168. The SMILES string of the molecule is CN(C(=O)CCCCCCOc1ccc([N+](=O)[O-])c(C=O)c1)C1CCCCC1. The van der Waals surface area contributed by atoms with Gasteiger partial charge in [0.15, 0.2) is 6.29 Å². The standard InChI is InChI=1S/C21H30N2O5/c1-22(18-9-5-4-6-10-18)21(25)11-7-2-3-8-14-28-19-12-13-20(23(26)27)17(15-19)16-24/h12-13,15-16,18H,2-11,14H2,1H3. The molecule has 2 rings (SSSR count). The van der Waals surface area contributed by atoms with Gasteiger partial charge in [0.25, 0.3) is 5.69 Å². The molecule has 1 aromatic carbocycles. The number of ether oxygens (including phenoxy) is 1. The number of rotatable bonds is 11.